The summed E-state index contributed by atoms with van der Waals surface area (Å²) in [6.07, 6.45) is 0. The third-order valence-corrected chi connectivity index (χ3v) is 3.06. The van der Waals surface area contributed by atoms with Gasteiger partial charge in [-0.05, 0) is 25.1 Å². The van der Waals surface area contributed by atoms with Gasteiger partial charge in [-0.3, -0.25) is 0 Å². The number of carbonyl (C=O) groups is 1. The van der Waals surface area contributed by atoms with Gasteiger partial charge in [0, 0.05) is 10.6 Å². The summed E-state index contributed by atoms with van der Waals surface area (Å²) in [5.74, 6) is -1.15. The van der Waals surface area contributed by atoms with E-state index in [0.29, 0.717) is 15.6 Å². The molecule has 1 heterocycles. The Hall–Kier alpha value is -1.85. The maximum Gasteiger partial charge on any atom is 0.339 e. The smallest absolute Gasteiger partial charge is 0.339 e. The molecular weight excluding hydrogens is 289 g/mol. The lowest BCUT2D eigenvalue weighted by Gasteiger charge is -2.10. The molecule has 0 unspecified atom stereocenters. The van der Waals surface area contributed by atoms with E-state index < -0.39 is 5.97 Å². The minimum absolute atomic E-state index is 0.0106. The summed E-state index contributed by atoms with van der Waals surface area (Å²) in [5, 5.41) is 10.0. The molecule has 0 spiro atoms. The highest BCUT2D eigenvalue weighted by Crippen LogP contribution is 2.32. The molecule has 1 aromatic carbocycles. The second-order valence-electron chi connectivity index (χ2n) is 3.82. The van der Waals surface area contributed by atoms with E-state index in [0.717, 1.165) is 0 Å². The normalized spacial score (nSPS) is 10.5. The molecule has 2 aromatic rings. The van der Waals surface area contributed by atoms with Gasteiger partial charge in [0.15, 0.2) is 0 Å². The molecule has 0 aliphatic rings. The van der Waals surface area contributed by atoms with Crippen molar-refractivity contribution in [2.45, 2.75) is 6.92 Å². The molecule has 7 heteroatoms. The summed E-state index contributed by atoms with van der Waals surface area (Å²) >= 11 is 11.9. The summed E-state index contributed by atoms with van der Waals surface area (Å²) in [6.45, 7) is 1.55. The Morgan fingerprint density at radius 1 is 1.32 bits per heavy atom. The van der Waals surface area contributed by atoms with Crippen molar-refractivity contribution in [2.75, 3.05) is 5.73 Å². The van der Waals surface area contributed by atoms with Crippen LogP contribution < -0.4 is 5.73 Å². The maximum atomic E-state index is 11.3. The monoisotopic (exact) mass is 297 g/mol. The summed E-state index contributed by atoms with van der Waals surface area (Å²) < 4.78 is 0. The van der Waals surface area contributed by atoms with E-state index in [1.807, 2.05) is 0 Å². The van der Waals surface area contributed by atoms with Gasteiger partial charge in [0.25, 0.3) is 0 Å². The quantitative estimate of drug-likeness (QED) is 0.889. The van der Waals surface area contributed by atoms with Crippen molar-refractivity contribution < 1.29 is 9.90 Å². The van der Waals surface area contributed by atoms with E-state index in [1.54, 1.807) is 19.1 Å². The van der Waals surface area contributed by atoms with Crippen LogP contribution in [0.15, 0.2) is 18.2 Å². The van der Waals surface area contributed by atoms with Gasteiger partial charge in [-0.25, -0.2) is 14.8 Å². The molecule has 0 radical (unpaired) electrons. The maximum absolute atomic E-state index is 11.3. The number of nitrogens with zero attached hydrogens (tertiary/aromatic N) is 2. The highest BCUT2D eigenvalue weighted by atomic mass is 35.5. The Morgan fingerprint density at radius 2 is 2.00 bits per heavy atom. The zero-order valence-electron chi connectivity index (χ0n) is 9.82. The number of nitrogens with two attached hydrogens (primary N) is 1. The van der Waals surface area contributed by atoms with Gasteiger partial charge < -0.3 is 10.8 Å². The Labute approximate surface area is 119 Å². The Balaban J connectivity index is 2.77. The Morgan fingerprint density at radius 3 is 2.58 bits per heavy atom. The minimum Gasteiger partial charge on any atom is -0.478 e. The number of aromatic carboxylic acids is 1. The van der Waals surface area contributed by atoms with Crippen molar-refractivity contribution >= 4 is 35.1 Å². The number of hydrogen-bond acceptors (Lipinski definition) is 4. The van der Waals surface area contributed by atoms with E-state index in [-0.39, 0.29) is 22.9 Å². The topological polar surface area (TPSA) is 89.1 Å². The highest BCUT2D eigenvalue weighted by Gasteiger charge is 2.20. The molecule has 1 aromatic heterocycles. The Kier molecular flexibility index (Phi) is 3.59. The second-order valence-corrected chi connectivity index (χ2v) is 4.66. The number of aryl methyl sites for hydroxylation is 1. The average Bonchev–Trinajstić information content (AvgIpc) is 2.26. The second kappa shape index (κ2) is 5.03. The predicted octanol–water partition coefficient (Wildman–Crippen LogP) is 3.04. The van der Waals surface area contributed by atoms with Gasteiger partial charge in [-0.15, -0.1) is 0 Å². The summed E-state index contributed by atoms with van der Waals surface area (Å²) in [5.41, 5.74) is 6.44. The molecule has 0 bridgehead atoms. The molecule has 0 atom stereocenters. The van der Waals surface area contributed by atoms with Crippen LogP contribution >= 0.6 is 23.2 Å². The van der Waals surface area contributed by atoms with Crippen molar-refractivity contribution in [1.82, 2.24) is 9.97 Å². The largest absolute Gasteiger partial charge is 0.478 e. The first-order valence-electron chi connectivity index (χ1n) is 5.23. The van der Waals surface area contributed by atoms with Gasteiger partial charge in [0.1, 0.15) is 5.56 Å². The number of carboxylic acids is 1. The number of rotatable bonds is 2. The number of carboxylic acid groups (broad SMARTS) is 1. The van der Waals surface area contributed by atoms with E-state index in [4.69, 9.17) is 28.9 Å². The number of nitrogen functional groups attached to an aromatic ring is 1. The molecule has 0 saturated carbocycles. The summed E-state index contributed by atoms with van der Waals surface area (Å²) in [4.78, 5) is 19.1. The third kappa shape index (κ3) is 2.62. The molecule has 0 amide bonds. The molecule has 0 saturated heterocycles. The first-order chi connectivity index (χ1) is 8.90. The summed E-state index contributed by atoms with van der Waals surface area (Å²) in [7, 11) is 0. The van der Waals surface area contributed by atoms with Crippen LogP contribution in [0.25, 0.3) is 11.3 Å². The highest BCUT2D eigenvalue weighted by molar-refractivity contribution is 6.36. The van der Waals surface area contributed by atoms with Crippen molar-refractivity contribution in [3.05, 3.63) is 39.5 Å². The van der Waals surface area contributed by atoms with Gasteiger partial charge in [0.05, 0.1) is 16.4 Å². The van der Waals surface area contributed by atoms with Crippen LogP contribution in [-0.4, -0.2) is 21.0 Å². The summed E-state index contributed by atoms with van der Waals surface area (Å²) in [6, 6.07) is 4.71. The SMILES string of the molecule is Cc1nc(N)nc(-c2ccc(Cl)cc2Cl)c1C(=O)O. The average molecular weight is 298 g/mol. The van der Waals surface area contributed by atoms with Gasteiger partial charge in [0.2, 0.25) is 5.95 Å². The lowest BCUT2D eigenvalue weighted by atomic mass is 10.0. The lowest BCUT2D eigenvalue weighted by molar-refractivity contribution is 0.0696. The van der Waals surface area contributed by atoms with E-state index in [2.05, 4.69) is 9.97 Å². The number of benzene rings is 1. The van der Waals surface area contributed by atoms with Crippen LogP contribution in [-0.2, 0) is 0 Å². The van der Waals surface area contributed by atoms with Crippen LogP contribution in [0.2, 0.25) is 10.0 Å². The van der Waals surface area contributed by atoms with Gasteiger partial charge in [-0.1, -0.05) is 23.2 Å². The fourth-order valence-electron chi connectivity index (χ4n) is 1.73. The number of hydrogen-bond donors (Lipinski definition) is 2. The van der Waals surface area contributed by atoms with Crippen LogP contribution in [0, 0.1) is 6.92 Å². The van der Waals surface area contributed by atoms with E-state index in [9.17, 15) is 9.90 Å². The molecule has 3 N–H and O–H groups in total. The van der Waals surface area contributed by atoms with Crippen molar-refractivity contribution in [2.24, 2.45) is 0 Å². The molecular formula is C12H9Cl2N3O2. The molecule has 0 aliphatic heterocycles. The van der Waals surface area contributed by atoms with Crippen LogP contribution in [0.3, 0.4) is 0 Å². The molecule has 2 rings (SSSR count). The zero-order chi connectivity index (χ0) is 14.2. The van der Waals surface area contributed by atoms with Crippen LogP contribution in [0.5, 0.6) is 0 Å². The van der Waals surface area contributed by atoms with Crippen molar-refractivity contribution in [1.29, 1.82) is 0 Å². The fourth-order valence-corrected chi connectivity index (χ4v) is 2.22. The standard InChI is InChI=1S/C12H9Cl2N3O2/c1-5-9(11(18)19)10(17-12(15)16-5)7-3-2-6(13)4-8(7)14/h2-4H,1H3,(H,18,19)(H2,15,16,17). The molecule has 5 nitrogen and oxygen atoms in total. The number of aromatic nitrogens is 2. The zero-order valence-corrected chi connectivity index (χ0v) is 11.3. The van der Waals surface area contributed by atoms with E-state index >= 15 is 0 Å². The molecule has 19 heavy (non-hydrogen) atoms. The first kappa shape index (κ1) is 13.6. The fraction of sp³-hybridized carbons (Fsp3) is 0.0833. The molecule has 0 fully saturated rings. The molecule has 0 aliphatic carbocycles. The van der Waals surface area contributed by atoms with Gasteiger partial charge >= 0.3 is 5.97 Å². The van der Waals surface area contributed by atoms with E-state index in [1.165, 1.54) is 6.07 Å². The van der Waals surface area contributed by atoms with Gasteiger partial charge in [-0.2, -0.15) is 0 Å². The minimum atomic E-state index is -1.14. The Bertz CT molecular complexity index is 674. The lowest BCUT2D eigenvalue weighted by Crippen LogP contribution is -2.09. The van der Waals surface area contributed by atoms with Crippen molar-refractivity contribution in [3.8, 4) is 11.3 Å². The van der Waals surface area contributed by atoms with Crippen molar-refractivity contribution in [3.63, 3.8) is 0 Å². The molecule has 98 valence electrons. The first-order valence-corrected chi connectivity index (χ1v) is 5.98. The van der Waals surface area contributed by atoms with Crippen LogP contribution in [0.1, 0.15) is 16.1 Å². The third-order valence-electron chi connectivity index (χ3n) is 2.51. The predicted molar refractivity (Wildman–Crippen MR) is 73.6 cm³/mol. The number of halogens is 2. The van der Waals surface area contributed by atoms with Crippen LogP contribution in [0.4, 0.5) is 5.95 Å². The number of anilines is 1.